The number of para-hydroxylation sites is 2. The van der Waals surface area contributed by atoms with Gasteiger partial charge in [0.1, 0.15) is 24.4 Å². The van der Waals surface area contributed by atoms with Crippen LogP contribution in [0.4, 0.5) is 0 Å². The van der Waals surface area contributed by atoms with Gasteiger partial charge in [0.2, 0.25) is 12.6 Å². The number of benzene rings is 2. The van der Waals surface area contributed by atoms with Gasteiger partial charge in [0.25, 0.3) is 0 Å². The molecule has 0 spiro atoms. The number of ether oxygens (including phenoxy) is 5. The first-order valence-corrected chi connectivity index (χ1v) is 14.3. The van der Waals surface area contributed by atoms with Crippen molar-refractivity contribution in [1.82, 2.24) is 9.97 Å². The zero-order valence-corrected chi connectivity index (χ0v) is 24.5. The topological polar surface area (TPSA) is 224 Å². The van der Waals surface area contributed by atoms with Gasteiger partial charge in [0.15, 0.2) is 12.2 Å². The Morgan fingerprint density at radius 2 is 1.13 bits per heavy atom. The van der Waals surface area contributed by atoms with Crippen LogP contribution in [-0.4, -0.2) is 115 Å². The summed E-state index contributed by atoms with van der Waals surface area (Å²) in [6, 6.07) is 9.97. The average molecular weight is 631 g/mol. The molecule has 15 nitrogen and oxygen atoms in total. The summed E-state index contributed by atoms with van der Waals surface area (Å²) in [5.74, 6) is -2.29. The number of esters is 3. The van der Waals surface area contributed by atoms with E-state index in [1.54, 1.807) is 36.4 Å². The summed E-state index contributed by atoms with van der Waals surface area (Å²) in [5.41, 5.74) is 2.49. The minimum absolute atomic E-state index is 0.270. The van der Waals surface area contributed by atoms with Crippen molar-refractivity contribution in [3.63, 3.8) is 0 Å². The van der Waals surface area contributed by atoms with Gasteiger partial charge in [-0.3, -0.25) is 14.4 Å². The maximum atomic E-state index is 12.9. The number of aliphatic hydroxyl groups is 5. The van der Waals surface area contributed by atoms with Gasteiger partial charge in [0.05, 0.1) is 47.1 Å². The molecule has 0 saturated carbocycles. The molecule has 5 N–H and O–H groups in total. The number of aromatic nitrogens is 2. The van der Waals surface area contributed by atoms with Gasteiger partial charge < -0.3 is 49.2 Å². The summed E-state index contributed by atoms with van der Waals surface area (Å²) < 4.78 is 26.4. The second kappa shape index (κ2) is 13.3. The van der Waals surface area contributed by atoms with E-state index in [0.717, 1.165) is 6.92 Å². The lowest BCUT2D eigenvalue weighted by Gasteiger charge is -2.40. The molecule has 10 atom stereocenters. The van der Waals surface area contributed by atoms with Crippen LogP contribution < -0.4 is 0 Å². The maximum Gasteiger partial charge on any atom is 0.312 e. The highest BCUT2D eigenvalue weighted by atomic mass is 16.7. The Morgan fingerprint density at radius 3 is 1.62 bits per heavy atom. The van der Waals surface area contributed by atoms with Crippen LogP contribution in [0.1, 0.15) is 31.9 Å². The van der Waals surface area contributed by atoms with Gasteiger partial charge in [-0.1, -0.05) is 24.3 Å². The van der Waals surface area contributed by atoms with Gasteiger partial charge in [-0.2, -0.15) is 0 Å². The molecule has 15 heteroatoms. The number of hydrogen-bond donors (Lipinski definition) is 5. The molecule has 0 radical (unpaired) electrons. The Balaban J connectivity index is 1.31. The summed E-state index contributed by atoms with van der Waals surface area (Å²) >= 11 is 0. The standard InChI is InChI=1S/C30H34N2O13/c1-12-23(36)25(38)26(39)29(41-12)44-19(34)10-15-6-4-8-17-21(15)31-18-9-5-7-16(22(18)32-17)11-20(35)45-30-27(40)28(43-14(3)33)24(37)13(2)42-30/h4-9,12-13,23-30,36-40H,10-11H2,1-3H3/t12?,13?,23-,24+,25?,26?,27?,28?,29+,30+/m0/s1. The van der Waals surface area contributed by atoms with Crippen molar-refractivity contribution < 1.29 is 63.6 Å². The number of aliphatic hydroxyl groups excluding tert-OH is 5. The number of rotatable bonds is 7. The minimum atomic E-state index is -1.64. The lowest BCUT2D eigenvalue weighted by Crippen LogP contribution is -2.59. The largest absolute Gasteiger partial charge is 0.457 e. The van der Waals surface area contributed by atoms with Gasteiger partial charge in [-0.05, 0) is 37.1 Å². The molecule has 2 aliphatic heterocycles. The quantitative estimate of drug-likeness (QED) is 0.122. The van der Waals surface area contributed by atoms with Crippen LogP contribution in [0.5, 0.6) is 0 Å². The number of fused-ring (bicyclic) bond motifs is 2. The Bertz CT molecular complexity index is 1580. The van der Waals surface area contributed by atoms with Crippen LogP contribution >= 0.6 is 0 Å². The van der Waals surface area contributed by atoms with E-state index in [0.29, 0.717) is 33.2 Å². The zero-order valence-electron chi connectivity index (χ0n) is 24.5. The van der Waals surface area contributed by atoms with Crippen molar-refractivity contribution in [3.8, 4) is 0 Å². The first-order valence-electron chi connectivity index (χ1n) is 14.3. The van der Waals surface area contributed by atoms with E-state index in [1.807, 2.05) is 0 Å². The summed E-state index contributed by atoms with van der Waals surface area (Å²) in [4.78, 5) is 46.5. The van der Waals surface area contributed by atoms with E-state index < -0.39 is 79.3 Å². The summed E-state index contributed by atoms with van der Waals surface area (Å²) in [6.45, 7) is 4.08. The fourth-order valence-corrected chi connectivity index (χ4v) is 5.31. The predicted octanol–water partition coefficient (Wildman–Crippen LogP) is -0.820. The van der Waals surface area contributed by atoms with Crippen LogP contribution in [0.3, 0.4) is 0 Å². The SMILES string of the molecule is CC(=O)OC1C(O)[C@@H](OC(=O)Cc2cccc3nc4c(CC(=O)O[C@H]5OC(C)[C@H](O)C(O)C5O)cccc4nc23)OC(C)[C@H]1O. The van der Waals surface area contributed by atoms with Crippen molar-refractivity contribution in [2.75, 3.05) is 0 Å². The molecule has 0 bridgehead atoms. The number of hydrogen-bond acceptors (Lipinski definition) is 15. The van der Waals surface area contributed by atoms with Crippen molar-refractivity contribution in [3.05, 3.63) is 47.5 Å². The van der Waals surface area contributed by atoms with E-state index >= 15 is 0 Å². The number of carbonyl (C=O) groups is 3. The average Bonchev–Trinajstić information content (AvgIpc) is 2.99. The highest BCUT2D eigenvalue weighted by molar-refractivity contribution is 5.92. The molecule has 2 saturated heterocycles. The van der Waals surface area contributed by atoms with E-state index in [2.05, 4.69) is 9.97 Å². The fraction of sp³-hybridized carbons (Fsp3) is 0.500. The first kappa shape index (κ1) is 32.6. The Kier molecular flexibility index (Phi) is 9.60. The summed E-state index contributed by atoms with van der Waals surface area (Å²) in [7, 11) is 0. The van der Waals surface area contributed by atoms with Gasteiger partial charge in [0, 0.05) is 6.92 Å². The zero-order chi connectivity index (χ0) is 32.6. The molecule has 45 heavy (non-hydrogen) atoms. The number of carbonyl (C=O) groups excluding carboxylic acids is 3. The molecule has 1 aromatic heterocycles. The molecule has 0 aliphatic carbocycles. The van der Waals surface area contributed by atoms with Crippen molar-refractivity contribution >= 4 is 40.0 Å². The third-order valence-corrected chi connectivity index (χ3v) is 7.72. The highest BCUT2D eigenvalue weighted by Crippen LogP contribution is 2.27. The second-order valence-corrected chi connectivity index (χ2v) is 11.1. The Morgan fingerprint density at radius 1 is 0.667 bits per heavy atom. The molecule has 6 unspecified atom stereocenters. The molecular formula is C30H34N2O13. The molecule has 2 aliphatic rings. The molecule has 2 fully saturated rings. The Hall–Kier alpha value is -3.83. The third-order valence-electron chi connectivity index (χ3n) is 7.72. The molecule has 5 rings (SSSR count). The molecular weight excluding hydrogens is 596 g/mol. The van der Waals surface area contributed by atoms with Crippen molar-refractivity contribution in [2.24, 2.45) is 0 Å². The van der Waals surface area contributed by atoms with Crippen LogP contribution in [0.2, 0.25) is 0 Å². The monoisotopic (exact) mass is 630 g/mol. The smallest absolute Gasteiger partial charge is 0.312 e. The molecule has 3 aromatic rings. The molecule has 3 heterocycles. The van der Waals surface area contributed by atoms with Crippen molar-refractivity contribution in [1.29, 1.82) is 0 Å². The lowest BCUT2D eigenvalue weighted by molar-refractivity contribution is -0.287. The van der Waals surface area contributed by atoms with Gasteiger partial charge in [-0.15, -0.1) is 0 Å². The van der Waals surface area contributed by atoms with Gasteiger partial charge in [-0.25, -0.2) is 9.97 Å². The van der Waals surface area contributed by atoms with Crippen LogP contribution in [0.25, 0.3) is 22.1 Å². The summed E-state index contributed by atoms with van der Waals surface area (Å²) in [5, 5.41) is 50.8. The number of nitrogens with zero attached hydrogens (tertiary/aromatic N) is 2. The third kappa shape index (κ3) is 6.89. The lowest BCUT2D eigenvalue weighted by atomic mass is 9.99. The molecule has 0 amide bonds. The first-order chi connectivity index (χ1) is 21.3. The van der Waals surface area contributed by atoms with Crippen LogP contribution in [-0.2, 0) is 50.9 Å². The van der Waals surface area contributed by atoms with Crippen molar-refractivity contribution in [2.45, 2.75) is 95.0 Å². The van der Waals surface area contributed by atoms with Gasteiger partial charge >= 0.3 is 17.9 Å². The van der Waals surface area contributed by atoms with Crippen LogP contribution in [0.15, 0.2) is 36.4 Å². The van der Waals surface area contributed by atoms with E-state index in [-0.39, 0.29) is 12.8 Å². The van der Waals surface area contributed by atoms with Crippen LogP contribution in [0, 0.1) is 0 Å². The second-order valence-electron chi connectivity index (χ2n) is 11.1. The normalized spacial score (nSPS) is 31.8. The highest BCUT2D eigenvalue weighted by Gasteiger charge is 2.47. The molecule has 242 valence electrons. The maximum absolute atomic E-state index is 12.9. The Labute approximate surface area is 256 Å². The predicted molar refractivity (Wildman–Crippen MR) is 151 cm³/mol. The van der Waals surface area contributed by atoms with E-state index in [1.165, 1.54) is 13.8 Å². The molecule has 2 aromatic carbocycles. The van der Waals surface area contributed by atoms with E-state index in [9.17, 15) is 39.9 Å². The summed E-state index contributed by atoms with van der Waals surface area (Å²) in [6.07, 6.45) is -14.1. The van der Waals surface area contributed by atoms with E-state index in [4.69, 9.17) is 23.7 Å². The fourth-order valence-electron chi connectivity index (χ4n) is 5.31. The minimum Gasteiger partial charge on any atom is -0.457 e.